The molecule has 0 saturated carbocycles. The summed E-state index contributed by atoms with van der Waals surface area (Å²) >= 11 is 1.62. The van der Waals surface area contributed by atoms with E-state index in [0.29, 0.717) is 11.8 Å². The molecule has 0 aromatic rings. The Morgan fingerprint density at radius 1 is 1.50 bits per heavy atom. The number of thioether (sulfide) groups is 1. The molecule has 0 aliphatic heterocycles. The molecule has 5 heteroatoms. The van der Waals surface area contributed by atoms with E-state index in [-0.39, 0.29) is 0 Å². The van der Waals surface area contributed by atoms with Crippen LogP contribution in [0.4, 0.5) is 0 Å². The minimum Gasteiger partial charge on any atom is -0.480 e. The van der Waals surface area contributed by atoms with Crippen molar-refractivity contribution in [2.24, 2.45) is 5.41 Å². The molecule has 0 bridgehead atoms. The van der Waals surface area contributed by atoms with Crippen LogP contribution in [0.15, 0.2) is 0 Å². The maximum atomic E-state index is 11.4. The number of rotatable bonds is 5. The Hall–Kier alpha value is -0.710. The van der Waals surface area contributed by atoms with Gasteiger partial charge in [0.05, 0.1) is 0 Å². The van der Waals surface area contributed by atoms with Crippen molar-refractivity contribution < 1.29 is 14.7 Å². The summed E-state index contributed by atoms with van der Waals surface area (Å²) in [5.74, 6) is -1.54. The molecular weight excluding hydrogens is 202 g/mol. The maximum Gasteiger partial charge on any atom is 0.318 e. The molecule has 0 heterocycles. The molecule has 0 fully saturated rings. The fourth-order valence-corrected chi connectivity index (χ4v) is 0.888. The summed E-state index contributed by atoms with van der Waals surface area (Å²) in [6.07, 6.45) is 1.94. The van der Waals surface area contributed by atoms with E-state index in [0.717, 1.165) is 0 Å². The largest absolute Gasteiger partial charge is 0.480 e. The summed E-state index contributed by atoms with van der Waals surface area (Å²) in [4.78, 5) is 22.1. The molecule has 0 radical (unpaired) electrons. The number of hydrogen-bond acceptors (Lipinski definition) is 3. The Labute approximate surface area is 88.4 Å². The monoisotopic (exact) mass is 219 g/mol. The van der Waals surface area contributed by atoms with Crippen LogP contribution in [0.2, 0.25) is 0 Å². The van der Waals surface area contributed by atoms with Crippen LogP contribution in [-0.2, 0) is 9.59 Å². The number of nitrogens with one attached hydrogen (secondary N) is 1. The van der Waals surface area contributed by atoms with Crippen molar-refractivity contribution in [2.75, 3.05) is 12.8 Å². The smallest absolute Gasteiger partial charge is 0.318 e. The highest BCUT2D eigenvalue weighted by atomic mass is 32.2. The summed E-state index contributed by atoms with van der Waals surface area (Å²) in [6.45, 7) is 5.26. The minimum atomic E-state index is -1.35. The lowest BCUT2D eigenvalue weighted by atomic mass is 9.93. The molecule has 0 spiro atoms. The van der Waals surface area contributed by atoms with E-state index in [1.165, 1.54) is 13.8 Å². The summed E-state index contributed by atoms with van der Waals surface area (Å²) in [5, 5.41) is 11.7. The van der Waals surface area contributed by atoms with Gasteiger partial charge >= 0.3 is 5.97 Å². The number of carboxylic acid groups (broad SMARTS) is 1. The molecule has 1 amide bonds. The lowest BCUT2D eigenvalue weighted by molar-refractivity contribution is -0.153. The van der Waals surface area contributed by atoms with E-state index in [2.05, 4.69) is 5.32 Å². The first-order chi connectivity index (χ1) is 6.32. The van der Waals surface area contributed by atoms with E-state index in [1.807, 2.05) is 13.2 Å². The van der Waals surface area contributed by atoms with E-state index in [9.17, 15) is 9.59 Å². The number of carboxylic acids is 1. The molecule has 4 nitrogen and oxygen atoms in total. The van der Waals surface area contributed by atoms with Gasteiger partial charge in [0.15, 0.2) is 0 Å². The average molecular weight is 219 g/mol. The second kappa shape index (κ2) is 5.24. The van der Waals surface area contributed by atoms with Gasteiger partial charge in [-0.1, -0.05) is 6.92 Å². The van der Waals surface area contributed by atoms with Crippen LogP contribution in [0.1, 0.15) is 20.8 Å². The van der Waals surface area contributed by atoms with Crippen LogP contribution in [0.3, 0.4) is 0 Å². The van der Waals surface area contributed by atoms with Crippen molar-refractivity contribution in [2.45, 2.75) is 26.0 Å². The van der Waals surface area contributed by atoms with Crippen molar-refractivity contribution >= 4 is 23.6 Å². The van der Waals surface area contributed by atoms with E-state index in [1.54, 1.807) is 11.8 Å². The number of carbonyl (C=O) groups excluding carboxylic acids is 1. The van der Waals surface area contributed by atoms with Gasteiger partial charge in [0, 0.05) is 11.8 Å². The molecule has 14 heavy (non-hydrogen) atoms. The molecule has 0 aliphatic carbocycles. The molecule has 0 aliphatic rings. The van der Waals surface area contributed by atoms with Crippen LogP contribution in [0.25, 0.3) is 0 Å². The Bertz CT molecular complexity index is 228. The maximum absolute atomic E-state index is 11.4. The third kappa shape index (κ3) is 3.57. The summed E-state index contributed by atoms with van der Waals surface area (Å²) in [5.41, 5.74) is -1.35. The molecular formula is C9H17NO3S. The van der Waals surface area contributed by atoms with Crippen LogP contribution in [0.5, 0.6) is 0 Å². The van der Waals surface area contributed by atoms with Crippen LogP contribution in [-0.4, -0.2) is 35.0 Å². The van der Waals surface area contributed by atoms with Crippen molar-refractivity contribution in [1.29, 1.82) is 0 Å². The van der Waals surface area contributed by atoms with Crippen molar-refractivity contribution in [3.05, 3.63) is 0 Å². The van der Waals surface area contributed by atoms with Crippen LogP contribution < -0.4 is 5.32 Å². The van der Waals surface area contributed by atoms with E-state index >= 15 is 0 Å². The molecule has 0 aromatic carbocycles. The SMILES string of the molecule is CSC(C)CNC(=O)C(C)(C)C(=O)O. The van der Waals surface area contributed by atoms with Gasteiger partial charge in [-0.15, -0.1) is 0 Å². The van der Waals surface area contributed by atoms with Crippen molar-refractivity contribution in [3.8, 4) is 0 Å². The van der Waals surface area contributed by atoms with Crippen molar-refractivity contribution in [1.82, 2.24) is 5.32 Å². The second-order valence-electron chi connectivity index (χ2n) is 3.69. The standard InChI is InChI=1S/C9H17NO3S/c1-6(14-4)5-10-7(11)9(2,3)8(12)13/h6H,5H2,1-4H3,(H,10,11)(H,12,13). The van der Waals surface area contributed by atoms with Gasteiger partial charge in [-0.05, 0) is 20.1 Å². The molecule has 82 valence electrons. The predicted molar refractivity (Wildman–Crippen MR) is 57.4 cm³/mol. The first-order valence-electron chi connectivity index (χ1n) is 4.36. The van der Waals surface area contributed by atoms with Crippen molar-refractivity contribution in [3.63, 3.8) is 0 Å². The van der Waals surface area contributed by atoms with Crippen LogP contribution >= 0.6 is 11.8 Å². The third-order valence-electron chi connectivity index (χ3n) is 2.05. The van der Waals surface area contributed by atoms with Gasteiger partial charge in [0.2, 0.25) is 5.91 Å². The van der Waals surface area contributed by atoms with Gasteiger partial charge in [-0.25, -0.2) is 0 Å². The molecule has 2 N–H and O–H groups in total. The highest BCUT2D eigenvalue weighted by Crippen LogP contribution is 2.15. The molecule has 1 atom stereocenters. The van der Waals surface area contributed by atoms with Gasteiger partial charge in [0.25, 0.3) is 0 Å². The summed E-state index contributed by atoms with van der Waals surface area (Å²) in [6, 6.07) is 0. The Kier molecular flexibility index (Phi) is 4.97. The fraction of sp³-hybridized carbons (Fsp3) is 0.778. The first-order valence-corrected chi connectivity index (χ1v) is 5.65. The van der Waals surface area contributed by atoms with E-state index in [4.69, 9.17) is 5.11 Å². The lowest BCUT2D eigenvalue weighted by Crippen LogP contribution is -2.44. The average Bonchev–Trinajstić information content (AvgIpc) is 2.12. The molecule has 0 rings (SSSR count). The number of aliphatic carboxylic acids is 1. The minimum absolute atomic E-state index is 0.295. The number of hydrogen-bond donors (Lipinski definition) is 2. The Morgan fingerprint density at radius 2 is 2.00 bits per heavy atom. The quantitative estimate of drug-likeness (QED) is 0.676. The van der Waals surface area contributed by atoms with Gasteiger partial charge < -0.3 is 10.4 Å². The number of amides is 1. The van der Waals surface area contributed by atoms with Gasteiger partial charge in [0.1, 0.15) is 5.41 Å². The Morgan fingerprint density at radius 3 is 2.36 bits per heavy atom. The number of carbonyl (C=O) groups is 2. The summed E-state index contributed by atoms with van der Waals surface area (Å²) in [7, 11) is 0. The third-order valence-corrected chi connectivity index (χ3v) is 3.03. The normalized spacial score (nSPS) is 13.4. The topological polar surface area (TPSA) is 66.4 Å². The predicted octanol–water partition coefficient (Wildman–Crippen LogP) is 0.965. The zero-order valence-corrected chi connectivity index (χ0v) is 9.77. The second-order valence-corrected chi connectivity index (χ2v) is 4.96. The summed E-state index contributed by atoms with van der Waals surface area (Å²) < 4.78 is 0. The zero-order valence-electron chi connectivity index (χ0n) is 8.96. The van der Waals surface area contributed by atoms with Gasteiger partial charge in [-0.2, -0.15) is 11.8 Å². The fourth-order valence-electron chi connectivity index (χ4n) is 0.638. The van der Waals surface area contributed by atoms with Crippen LogP contribution in [0, 0.1) is 5.41 Å². The highest BCUT2D eigenvalue weighted by molar-refractivity contribution is 7.99. The molecule has 0 aromatic heterocycles. The zero-order chi connectivity index (χ0) is 11.4. The molecule has 1 unspecified atom stereocenters. The Balaban J connectivity index is 4.15. The van der Waals surface area contributed by atoms with E-state index < -0.39 is 17.3 Å². The lowest BCUT2D eigenvalue weighted by Gasteiger charge is -2.19. The first kappa shape index (κ1) is 13.3. The van der Waals surface area contributed by atoms with Gasteiger partial charge in [-0.3, -0.25) is 9.59 Å². The highest BCUT2D eigenvalue weighted by Gasteiger charge is 2.35. The molecule has 0 saturated heterocycles.